The van der Waals surface area contributed by atoms with Crippen molar-refractivity contribution in [2.75, 3.05) is 6.61 Å². The summed E-state index contributed by atoms with van der Waals surface area (Å²) in [4.78, 5) is 12.9. The Balaban J connectivity index is 0.000000517. The van der Waals surface area contributed by atoms with Crippen molar-refractivity contribution in [1.29, 1.82) is 0 Å². The van der Waals surface area contributed by atoms with Crippen LogP contribution >= 0.6 is 0 Å². The molecule has 0 spiro atoms. The van der Waals surface area contributed by atoms with Crippen molar-refractivity contribution in [1.82, 2.24) is 14.3 Å². The van der Waals surface area contributed by atoms with Gasteiger partial charge in [0.1, 0.15) is 5.75 Å². The maximum Gasteiger partial charge on any atom is 0.490 e. The van der Waals surface area contributed by atoms with Gasteiger partial charge in [-0.05, 0) is 47.4 Å². The molecule has 0 amide bonds. The Bertz CT molecular complexity index is 1440. The lowest BCUT2D eigenvalue weighted by Crippen LogP contribution is -2.28. The molecular weight excluding hydrogens is 571 g/mol. The Morgan fingerprint density at radius 1 is 1.10 bits per heavy atom. The van der Waals surface area contributed by atoms with Crippen molar-refractivity contribution >= 4 is 16.0 Å². The van der Waals surface area contributed by atoms with Crippen LogP contribution < -0.4 is 9.46 Å². The zero-order valence-electron chi connectivity index (χ0n) is 23.4. The molecule has 2 heterocycles. The number of alkyl halides is 3. The highest BCUT2D eigenvalue weighted by atomic mass is 32.2. The summed E-state index contributed by atoms with van der Waals surface area (Å²) in [5, 5.41) is 7.16. The van der Waals surface area contributed by atoms with E-state index in [1.165, 1.54) is 62.2 Å². The number of hydrogen-bond donors (Lipinski definition) is 2. The van der Waals surface area contributed by atoms with E-state index in [1.54, 1.807) is 11.6 Å². The highest BCUT2D eigenvalue weighted by Crippen LogP contribution is 2.43. The van der Waals surface area contributed by atoms with Gasteiger partial charge in [0.2, 0.25) is 0 Å². The molecule has 1 saturated carbocycles. The second-order valence-corrected chi connectivity index (χ2v) is 12.7. The minimum Gasteiger partial charge on any atom is -0.493 e. The molecule has 228 valence electrons. The molecule has 8 nitrogen and oxygen atoms in total. The van der Waals surface area contributed by atoms with E-state index in [0.717, 1.165) is 30.3 Å². The molecule has 0 radical (unpaired) electrons. The zero-order valence-corrected chi connectivity index (χ0v) is 24.2. The highest BCUT2D eigenvalue weighted by molar-refractivity contribution is 7.89. The molecule has 3 aromatic rings. The van der Waals surface area contributed by atoms with Gasteiger partial charge >= 0.3 is 12.1 Å². The standard InChI is InChI=1S/C28H35N3O3S.C2HF3O2/c1-31-18-28(29-20-31)35(32,33)30-17-23-12-14-27-26(16-23)25(15-22-9-3-2-4-10-22)24(19-34-27)13-11-21-7-5-6-8-21;3-2(4,5)1(6)7/h2-4,9-10,12,14,16,18,20-21,24-25,30H,5-8,11,13,15,17,19H2,1H3;(H,6,7). The molecule has 1 fully saturated rings. The number of carbonyl (C=O) groups is 1. The number of carboxylic acid groups (broad SMARTS) is 1. The van der Waals surface area contributed by atoms with Gasteiger partial charge in [-0.15, -0.1) is 0 Å². The third-order valence-electron chi connectivity index (χ3n) is 7.88. The molecule has 2 unspecified atom stereocenters. The largest absolute Gasteiger partial charge is 0.493 e. The predicted molar refractivity (Wildman–Crippen MR) is 150 cm³/mol. The second-order valence-electron chi connectivity index (χ2n) is 11.0. The van der Waals surface area contributed by atoms with Crippen LogP contribution in [0.5, 0.6) is 5.75 Å². The molecule has 1 aliphatic carbocycles. The van der Waals surface area contributed by atoms with Crippen molar-refractivity contribution in [3.8, 4) is 5.75 Å². The first-order valence-electron chi connectivity index (χ1n) is 14.0. The van der Waals surface area contributed by atoms with Gasteiger partial charge in [-0.25, -0.2) is 22.9 Å². The lowest BCUT2D eigenvalue weighted by Gasteiger charge is -2.35. The number of imidazole rings is 1. The molecule has 2 atom stereocenters. The Kier molecular flexibility index (Phi) is 10.3. The summed E-state index contributed by atoms with van der Waals surface area (Å²) < 4.78 is 67.6. The first-order valence-corrected chi connectivity index (χ1v) is 15.5. The summed E-state index contributed by atoms with van der Waals surface area (Å²) in [6.07, 6.45) is 6.83. The maximum absolute atomic E-state index is 12.7. The third-order valence-corrected chi connectivity index (χ3v) is 9.17. The van der Waals surface area contributed by atoms with E-state index in [0.29, 0.717) is 11.8 Å². The Morgan fingerprint density at radius 3 is 2.40 bits per heavy atom. The first-order chi connectivity index (χ1) is 19.9. The summed E-state index contributed by atoms with van der Waals surface area (Å²) in [5.74, 6) is -0.147. The van der Waals surface area contributed by atoms with Gasteiger partial charge in [-0.3, -0.25) is 0 Å². The van der Waals surface area contributed by atoms with E-state index in [4.69, 9.17) is 14.6 Å². The van der Waals surface area contributed by atoms with Crippen molar-refractivity contribution in [3.05, 3.63) is 77.7 Å². The fourth-order valence-electron chi connectivity index (χ4n) is 5.65. The number of fused-ring (bicyclic) bond motifs is 1. The van der Waals surface area contributed by atoms with Crippen LogP contribution in [0.15, 0.2) is 66.1 Å². The summed E-state index contributed by atoms with van der Waals surface area (Å²) >= 11 is 0. The van der Waals surface area contributed by atoms with Crippen LogP contribution in [0.25, 0.3) is 0 Å². The normalized spacial score (nSPS) is 19.0. The number of benzene rings is 2. The van der Waals surface area contributed by atoms with Crippen LogP contribution in [-0.4, -0.2) is 41.8 Å². The van der Waals surface area contributed by atoms with Crippen molar-refractivity contribution in [3.63, 3.8) is 0 Å². The zero-order chi connectivity index (χ0) is 30.3. The second kappa shape index (κ2) is 13.7. The predicted octanol–water partition coefficient (Wildman–Crippen LogP) is 5.84. The first kappa shape index (κ1) is 31.6. The number of carboxylic acids is 1. The fraction of sp³-hybridized carbons (Fsp3) is 0.467. The van der Waals surface area contributed by atoms with Gasteiger partial charge in [-0.2, -0.15) is 13.2 Å². The molecule has 1 aromatic heterocycles. The molecule has 0 saturated heterocycles. The Hall–Kier alpha value is -3.38. The number of aryl methyl sites for hydroxylation is 1. The Labute approximate surface area is 244 Å². The summed E-state index contributed by atoms with van der Waals surface area (Å²) in [6, 6.07) is 16.8. The number of ether oxygens (including phenoxy) is 1. The van der Waals surface area contributed by atoms with Gasteiger partial charge in [0.15, 0.2) is 5.03 Å². The summed E-state index contributed by atoms with van der Waals surface area (Å²) in [6.45, 7) is 0.972. The van der Waals surface area contributed by atoms with Crippen LogP contribution in [0.4, 0.5) is 13.2 Å². The lowest BCUT2D eigenvalue weighted by atomic mass is 9.76. The molecular formula is C30H36F3N3O5S. The number of nitrogens with zero attached hydrogens (tertiary/aromatic N) is 2. The van der Waals surface area contributed by atoms with Crippen LogP contribution in [-0.2, 0) is 34.8 Å². The molecule has 2 N–H and O–H groups in total. The quantitative estimate of drug-likeness (QED) is 0.317. The van der Waals surface area contributed by atoms with Crippen LogP contribution in [0, 0.1) is 11.8 Å². The number of aromatic nitrogens is 2. The van der Waals surface area contributed by atoms with Gasteiger partial charge in [0.25, 0.3) is 10.0 Å². The van der Waals surface area contributed by atoms with E-state index >= 15 is 0 Å². The maximum atomic E-state index is 12.7. The Morgan fingerprint density at radius 2 is 1.79 bits per heavy atom. The highest BCUT2D eigenvalue weighted by Gasteiger charge is 2.38. The number of halogens is 3. The molecule has 5 rings (SSSR count). The molecule has 1 aliphatic heterocycles. The average molecular weight is 608 g/mol. The molecule has 42 heavy (non-hydrogen) atoms. The number of hydrogen-bond acceptors (Lipinski definition) is 5. The van der Waals surface area contributed by atoms with E-state index in [-0.39, 0.29) is 11.6 Å². The SMILES string of the molecule is Cn1cnc(S(=O)(=O)NCc2ccc3c(c2)C(Cc2ccccc2)C(CCC2CCCC2)CO3)c1.O=C(O)C(F)(F)F. The van der Waals surface area contributed by atoms with Crippen LogP contribution in [0.2, 0.25) is 0 Å². The van der Waals surface area contributed by atoms with Gasteiger partial charge in [-0.1, -0.05) is 74.6 Å². The fourth-order valence-corrected chi connectivity index (χ4v) is 6.65. The van der Waals surface area contributed by atoms with Crippen molar-refractivity contribution < 1.29 is 36.2 Å². The topological polar surface area (TPSA) is 111 Å². The molecule has 2 aliphatic rings. The van der Waals surface area contributed by atoms with E-state index in [9.17, 15) is 21.6 Å². The van der Waals surface area contributed by atoms with Crippen LogP contribution in [0.1, 0.15) is 61.1 Å². The minimum absolute atomic E-state index is 0.0372. The number of rotatable bonds is 9. The van der Waals surface area contributed by atoms with Gasteiger partial charge < -0.3 is 14.4 Å². The summed E-state index contributed by atoms with van der Waals surface area (Å²) in [7, 11) is -1.91. The number of nitrogens with one attached hydrogen (secondary N) is 1. The lowest BCUT2D eigenvalue weighted by molar-refractivity contribution is -0.192. The number of sulfonamides is 1. The summed E-state index contributed by atoms with van der Waals surface area (Å²) in [5.41, 5.74) is 3.46. The van der Waals surface area contributed by atoms with Gasteiger partial charge in [0, 0.05) is 25.7 Å². The van der Waals surface area contributed by atoms with Crippen LogP contribution in [0.3, 0.4) is 0 Å². The molecule has 2 aromatic carbocycles. The van der Waals surface area contributed by atoms with Gasteiger partial charge in [0.05, 0.1) is 12.9 Å². The third kappa shape index (κ3) is 8.57. The number of aliphatic carboxylic acids is 1. The van der Waals surface area contributed by atoms with Crippen molar-refractivity contribution in [2.24, 2.45) is 18.9 Å². The van der Waals surface area contributed by atoms with Crippen molar-refractivity contribution in [2.45, 2.75) is 68.6 Å². The van der Waals surface area contributed by atoms with E-state index in [1.807, 2.05) is 12.1 Å². The molecule has 12 heteroatoms. The minimum atomic E-state index is -5.08. The van der Waals surface area contributed by atoms with E-state index in [2.05, 4.69) is 46.1 Å². The smallest absolute Gasteiger partial charge is 0.490 e. The molecule has 0 bridgehead atoms. The van der Waals surface area contributed by atoms with E-state index < -0.39 is 22.2 Å². The monoisotopic (exact) mass is 607 g/mol. The average Bonchev–Trinajstić information content (AvgIpc) is 3.64.